The smallest absolute Gasteiger partial charge is 0.0155 e. The zero-order valence-corrected chi connectivity index (χ0v) is 10.1. The molecule has 0 bridgehead atoms. The van der Waals surface area contributed by atoms with Crippen LogP contribution in [0.2, 0.25) is 0 Å². The van der Waals surface area contributed by atoms with Gasteiger partial charge in [-0.25, -0.2) is 0 Å². The van der Waals surface area contributed by atoms with Crippen LogP contribution in [0.5, 0.6) is 0 Å². The summed E-state index contributed by atoms with van der Waals surface area (Å²) in [5.41, 5.74) is 3.97. The van der Waals surface area contributed by atoms with Crippen LogP contribution >= 0.6 is 0 Å². The van der Waals surface area contributed by atoms with Gasteiger partial charge >= 0.3 is 0 Å². The van der Waals surface area contributed by atoms with Crippen LogP contribution < -0.4 is 0 Å². The van der Waals surface area contributed by atoms with Crippen molar-refractivity contribution in [3.8, 4) is 0 Å². The highest BCUT2D eigenvalue weighted by atomic mass is 14.3. The van der Waals surface area contributed by atoms with Crippen molar-refractivity contribution in [1.29, 1.82) is 0 Å². The monoisotopic (exact) mass is 209 g/mol. The number of hydrogen-bond acceptors (Lipinski definition) is 0. The van der Waals surface area contributed by atoms with E-state index in [9.17, 15) is 0 Å². The first-order chi connectivity index (χ1) is 7.62. The first-order valence-corrected chi connectivity index (χ1v) is 5.65. The molecular weight excluding hydrogens is 192 g/mol. The number of rotatable bonds is 2. The van der Waals surface area contributed by atoms with Crippen LogP contribution in [-0.2, 0) is 5.41 Å². The summed E-state index contributed by atoms with van der Waals surface area (Å²) in [6, 6.07) is 20.1. The zero-order valence-electron chi connectivity index (χ0n) is 10.1. The molecule has 0 aliphatic heterocycles. The van der Waals surface area contributed by atoms with Gasteiger partial charge in [0.25, 0.3) is 0 Å². The SMILES string of the molecule is Cc1ccccc1C(C)(C)c1[c]cccc1. The van der Waals surface area contributed by atoms with E-state index in [1.807, 2.05) is 12.1 Å². The van der Waals surface area contributed by atoms with E-state index < -0.39 is 0 Å². The molecule has 0 atom stereocenters. The van der Waals surface area contributed by atoms with Gasteiger partial charge in [0.05, 0.1) is 0 Å². The predicted octanol–water partition coefficient (Wildman–Crippen LogP) is 4.12. The van der Waals surface area contributed by atoms with Gasteiger partial charge in [-0.3, -0.25) is 0 Å². The molecule has 0 nitrogen and oxygen atoms in total. The van der Waals surface area contributed by atoms with Crippen LogP contribution in [0.4, 0.5) is 0 Å². The Hall–Kier alpha value is -1.56. The maximum Gasteiger partial charge on any atom is 0.0155 e. The van der Waals surface area contributed by atoms with Crippen molar-refractivity contribution in [2.75, 3.05) is 0 Å². The Bertz CT molecular complexity index is 466. The van der Waals surface area contributed by atoms with E-state index in [0.29, 0.717) is 0 Å². The largest absolute Gasteiger partial charge is 0.0620 e. The molecule has 16 heavy (non-hydrogen) atoms. The molecule has 0 saturated carbocycles. The summed E-state index contributed by atoms with van der Waals surface area (Å²) in [4.78, 5) is 0. The Balaban J connectivity index is 2.51. The van der Waals surface area contributed by atoms with Gasteiger partial charge in [0.2, 0.25) is 0 Å². The fourth-order valence-corrected chi connectivity index (χ4v) is 2.20. The van der Waals surface area contributed by atoms with Crippen molar-refractivity contribution in [3.63, 3.8) is 0 Å². The number of benzene rings is 2. The maximum atomic E-state index is 3.33. The molecule has 2 aromatic rings. The summed E-state index contributed by atoms with van der Waals surface area (Å²) in [6.07, 6.45) is 0. The van der Waals surface area contributed by atoms with Gasteiger partial charge in [-0.2, -0.15) is 0 Å². The van der Waals surface area contributed by atoms with E-state index in [1.54, 1.807) is 0 Å². The standard InChI is InChI=1S/C16H17/c1-13-9-7-8-12-15(13)16(2,3)14-10-5-4-6-11-14/h4-10,12H,1-3H3. The fourth-order valence-electron chi connectivity index (χ4n) is 2.20. The van der Waals surface area contributed by atoms with Gasteiger partial charge in [-0.1, -0.05) is 62.4 Å². The Morgan fingerprint density at radius 2 is 1.62 bits per heavy atom. The molecule has 0 unspecified atom stereocenters. The summed E-state index contributed by atoms with van der Waals surface area (Å²) in [5, 5.41) is 0. The molecule has 0 amide bonds. The molecule has 0 spiro atoms. The van der Waals surface area contributed by atoms with E-state index in [-0.39, 0.29) is 5.41 Å². The van der Waals surface area contributed by atoms with Crippen LogP contribution in [0.3, 0.4) is 0 Å². The predicted molar refractivity (Wildman–Crippen MR) is 68.6 cm³/mol. The maximum absolute atomic E-state index is 3.33. The minimum atomic E-state index is 0.0204. The van der Waals surface area contributed by atoms with Gasteiger partial charge in [-0.15, -0.1) is 0 Å². The molecule has 2 aromatic carbocycles. The first kappa shape index (κ1) is 10.9. The van der Waals surface area contributed by atoms with Gasteiger partial charge in [-0.05, 0) is 29.7 Å². The van der Waals surface area contributed by atoms with Crippen LogP contribution in [0, 0.1) is 13.0 Å². The van der Waals surface area contributed by atoms with Crippen molar-refractivity contribution in [2.45, 2.75) is 26.2 Å². The summed E-state index contributed by atoms with van der Waals surface area (Å²) in [5.74, 6) is 0. The van der Waals surface area contributed by atoms with Gasteiger partial charge in [0.15, 0.2) is 0 Å². The van der Waals surface area contributed by atoms with E-state index >= 15 is 0 Å². The van der Waals surface area contributed by atoms with E-state index in [2.05, 4.69) is 63.2 Å². The normalized spacial score (nSPS) is 11.4. The van der Waals surface area contributed by atoms with Gasteiger partial charge in [0.1, 0.15) is 0 Å². The number of aryl methyl sites for hydroxylation is 1. The Labute approximate surface area is 97.9 Å². The summed E-state index contributed by atoms with van der Waals surface area (Å²) in [7, 11) is 0. The molecule has 1 radical (unpaired) electrons. The second-order valence-electron chi connectivity index (χ2n) is 4.72. The topological polar surface area (TPSA) is 0 Å². The molecular formula is C16H17. The molecule has 0 saturated heterocycles. The summed E-state index contributed by atoms with van der Waals surface area (Å²) >= 11 is 0. The van der Waals surface area contributed by atoms with Crippen LogP contribution in [0.15, 0.2) is 48.5 Å². The molecule has 81 valence electrons. The third-order valence-electron chi connectivity index (χ3n) is 3.20. The van der Waals surface area contributed by atoms with E-state index in [0.717, 1.165) is 0 Å². The third kappa shape index (κ3) is 1.88. The lowest BCUT2D eigenvalue weighted by atomic mass is 9.76. The Kier molecular flexibility index (Phi) is 2.82. The lowest BCUT2D eigenvalue weighted by Crippen LogP contribution is -2.20. The molecule has 0 aliphatic rings. The highest BCUT2D eigenvalue weighted by Crippen LogP contribution is 2.32. The molecule has 0 aromatic heterocycles. The van der Waals surface area contributed by atoms with Crippen LogP contribution in [0.25, 0.3) is 0 Å². The van der Waals surface area contributed by atoms with Crippen molar-refractivity contribution in [1.82, 2.24) is 0 Å². The zero-order chi connectivity index (χ0) is 11.6. The first-order valence-electron chi connectivity index (χ1n) is 5.65. The third-order valence-corrected chi connectivity index (χ3v) is 3.20. The average Bonchev–Trinajstić information content (AvgIpc) is 2.30. The van der Waals surface area contributed by atoms with E-state index in [4.69, 9.17) is 0 Å². The lowest BCUT2D eigenvalue weighted by molar-refractivity contribution is 0.635. The molecule has 0 heteroatoms. The minimum absolute atomic E-state index is 0.0204. The second kappa shape index (κ2) is 4.13. The molecule has 0 fully saturated rings. The van der Waals surface area contributed by atoms with E-state index in [1.165, 1.54) is 16.7 Å². The average molecular weight is 209 g/mol. The van der Waals surface area contributed by atoms with Crippen molar-refractivity contribution in [2.24, 2.45) is 0 Å². The van der Waals surface area contributed by atoms with Gasteiger partial charge < -0.3 is 0 Å². The Morgan fingerprint density at radius 3 is 2.25 bits per heavy atom. The molecule has 0 N–H and O–H groups in total. The van der Waals surface area contributed by atoms with Crippen LogP contribution in [0.1, 0.15) is 30.5 Å². The summed E-state index contributed by atoms with van der Waals surface area (Å²) in [6.45, 7) is 6.67. The highest BCUT2D eigenvalue weighted by molar-refractivity contribution is 5.40. The van der Waals surface area contributed by atoms with Crippen molar-refractivity contribution < 1.29 is 0 Å². The summed E-state index contributed by atoms with van der Waals surface area (Å²) < 4.78 is 0. The van der Waals surface area contributed by atoms with Crippen molar-refractivity contribution >= 4 is 0 Å². The number of hydrogen-bond donors (Lipinski definition) is 0. The van der Waals surface area contributed by atoms with Crippen molar-refractivity contribution in [3.05, 3.63) is 71.3 Å². The lowest BCUT2D eigenvalue weighted by Gasteiger charge is -2.27. The molecule has 2 rings (SSSR count). The Morgan fingerprint density at radius 1 is 0.938 bits per heavy atom. The van der Waals surface area contributed by atoms with Crippen LogP contribution in [-0.4, -0.2) is 0 Å². The molecule has 0 aliphatic carbocycles. The van der Waals surface area contributed by atoms with Gasteiger partial charge in [0, 0.05) is 5.41 Å². The second-order valence-corrected chi connectivity index (χ2v) is 4.72. The fraction of sp³-hybridized carbons (Fsp3) is 0.250. The highest BCUT2D eigenvalue weighted by Gasteiger charge is 2.24. The minimum Gasteiger partial charge on any atom is -0.0620 e. The quantitative estimate of drug-likeness (QED) is 0.698. The molecule has 0 heterocycles.